The van der Waals surface area contributed by atoms with Gasteiger partial charge in [0.15, 0.2) is 5.82 Å². The van der Waals surface area contributed by atoms with Gasteiger partial charge in [0.1, 0.15) is 0 Å². The van der Waals surface area contributed by atoms with E-state index >= 15 is 0 Å². The second-order valence-electron chi connectivity index (χ2n) is 5.33. The van der Waals surface area contributed by atoms with Crippen LogP contribution in [0.4, 0.5) is 5.82 Å². The van der Waals surface area contributed by atoms with E-state index in [-0.39, 0.29) is 0 Å². The predicted octanol–water partition coefficient (Wildman–Crippen LogP) is 2.36. The molecule has 2 heterocycles. The fourth-order valence-corrected chi connectivity index (χ4v) is 2.76. The van der Waals surface area contributed by atoms with Crippen molar-refractivity contribution in [2.75, 3.05) is 31.1 Å². The molecular formula is C16H22N4. The molecule has 0 aliphatic carbocycles. The molecule has 20 heavy (non-hydrogen) atoms. The SMILES string of the molecule is CCc1ccc(-c2[nH]nc(N3CCNCC3)c2C)cc1. The van der Waals surface area contributed by atoms with E-state index < -0.39 is 0 Å². The molecule has 1 aromatic carbocycles. The molecule has 0 atom stereocenters. The first kappa shape index (κ1) is 13.2. The van der Waals surface area contributed by atoms with Gasteiger partial charge < -0.3 is 10.2 Å². The van der Waals surface area contributed by atoms with Gasteiger partial charge in [-0.25, -0.2) is 0 Å². The molecule has 1 aromatic heterocycles. The summed E-state index contributed by atoms with van der Waals surface area (Å²) < 4.78 is 0. The number of nitrogens with one attached hydrogen (secondary N) is 2. The van der Waals surface area contributed by atoms with Crippen LogP contribution in [0.25, 0.3) is 11.3 Å². The van der Waals surface area contributed by atoms with Crippen LogP contribution >= 0.6 is 0 Å². The summed E-state index contributed by atoms with van der Waals surface area (Å²) in [5, 5.41) is 11.1. The summed E-state index contributed by atoms with van der Waals surface area (Å²) in [6, 6.07) is 8.75. The molecule has 1 fully saturated rings. The van der Waals surface area contributed by atoms with Crippen LogP contribution in [0.5, 0.6) is 0 Å². The monoisotopic (exact) mass is 270 g/mol. The minimum atomic E-state index is 1.03. The van der Waals surface area contributed by atoms with Gasteiger partial charge in [0.25, 0.3) is 0 Å². The summed E-state index contributed by atoms with van der Waals surface area (Å²) in [6.07, 6.45) is 1.08. The Hall–Kier alpha value is -1.81. The van der Waals surface area contributed by atoms with Crippen molar-refractivity contribution in [3.63, 3.8) is 0 Å². The van der Waals surface area contributed by atoms with E-state index in [9.17, 15) is 0 Å². The van der Waals surface area contributed by atoms with Crippen LogP contribution < -0.4 is 10.2 Å². The lowest BCUT2D eigenvalue weighted by Crippen LogP contribution is -2.43. The number of aryl methyl sites for hydroxylation is 1. The lowest BCUT2D eigenvalue weighted by atomic mass is 10.0. The quantitative estimate of drug-likeness (QED) is 0.900. The van der Waals surface area contributed by atoms with Gasteiger partial charge in [-0.3, -0.25) is 5.10 Å². The van der Waals surface area contributed by atoms with Crippen LogP contribution in [0.1, 0.15) is 18.1 Å². The van der Waals surface area contributed by atoms with Crippen LogP contribution in [0, 0.1) is 6.92 Å². The second-order valence-corrected chi connectivity index (χ2v) is 5.33. The molecule has 2 N–H and O–H groups in total. The molecule has 0 amide bonds. The Morgan fingerprint density at radius 2 is 1.85 bits per heavy atom. The topological polar surface area (TPSA) is 44.0 Å². The lowest BCUT2D eigenvalue weighted by molar-refractivity contribution is 0.584. The molecule has 2 aromatic rings. The molecule has 4 nitrogen and oxygen atoms in total. The Balaban J connectivity index is 1.88. The lowest BCUT2D eigenvalue weighted by Gasteiger charge is -2.27. The molecule has 0 radical (unpaired) electrons. The van der Waals surface area contributed by atoms with E-state index in [0.29, 0.717) is 0 Å². The minimum Gasteiger partial charge on any atom is -0.352 e. The third kappa shape index (κ3) is 2.43. The Bertz CT molecular complexity index is 565. The Morgan fingerprint density at radius 3 is 2.50 bits per heavy atom. The minimum absolute atomic E-state index is 1.03. The Kier molecular flexibility index (Phi) is 3.74. The van der Waals surface area contributed by atoms with E-state index in [4.69, 9.17) is 0 Å². The molecule has 1 aliphatic rings. The van der Waals surface area contributed by atoms with Crippen molar-refractivity contribution in [1.82, 2.24) is 15.5 Å². The number of anilines is 1. The Morgan fingerprint density at radius 1 is 1.15 bits per heavy atom. The first-order valence-electron chi connectivity index (χ1n) is 7.39. The summed E-state index contributed by atoms with van der Waals surface area (Å²) >= 11 is 0. The number of benzene rings is 1. The average Bonchev–Trinajstić information content (AvgIpc) is 2.90. The third-order valence-corrected chi connectivity index (χ3v) is 4.05. The van der Waals surface area contributed by atoms with Crippen LogP contribution in [0.2, 0.25) is 0 Å². The van der Waals surface area contributed by atoms with Crippen molar-refractivity contribution in [1.29, 1.82) is 0 Å². The fraction of sp³-hybridized carbons (Fsp3) is 0.438. The first-order chi connectivity index (χ1) is 9.79. The zero-order valence-electron chi connectivity index (χ0n) is 12.2. The summed E-state index contributed by atoms with van der Waals surface area (Å²) in [5.41, 5.74) is 4.97. The van der Waals surface area contributed by atoms with Gasteiger partial charge in [-0.1, -0.05) is 31.2 Å². The van der Waals surface area contributed by atoms with Crippen LogP contribution in [-0.2, 0) is 6.42 Å². The van der Waals surface area contributed by atoms with Gasteiger partial charge >= 0.3 is 0 Å². The zero-order chi connectivity index (χ0) is 13.9. The van der Waals surface area contributed by atoms with Crippen LogP contribution in [0.15, 0.2) is 24.3 Å². The number of nitrogens with zero attached hydrogens (tertiary/aromatic N) is 2. The van der Waals surface area contributed by atoms with Gasteiger partial charge in [-0.15, -0.1) is 0 Å². The van der Waals surface area contributed by atoms with Crippen molar-refractivity contribution in [2.45, 2.75) is 20.3 Å². The van der Waals surface area contributed by atoms with Crippen molar-refractivity contribution in [3.8, 4) is 11.3 Å². The summed E-state index contributed by atoms with van der Waals surface area (Å²) in [6.45, 7) is 8.46. The normalized spacial score (nSPS) is 15.6. The largest absolute Gasteiger partial charge is 0.352 e. The third-order valence-electron chi connectivity index (χ3n) is 4.05. The van der Waals surface area contributed by atoms with Crippen molar-refractivity contribution in [3.05, 3.63) is 35.4 Å². The molecule has 106 valence electrons. The number of aromatic nitrogens is 2. The highest BCUT2D eigenvalue weighted by molar-refractivity contribution is 5.69. The maximum atomic E-state index is 4.53. The van der Waals surface area contributed by atoms with E-state index in [2.05, 4.69) is 58.5 Å². The maximum absolute atomic E-state index is 4.53. The Labute approximate surface area is 120 Å². The molecule has 0 bridgehead atoms. The number of aromatic amines is 1. The highest BCUT2D eigenvalue weighted by Gasteiger charge is 2.18. The highest BCUT2D eigenvalue weighted by atomic mass is 15.3. The average molecular weight is 270 g/mol. The highest BCUT2D eigenvalue weighted by Crippen LogP contribution is 2.28. The van der Waals surface area contributed by atoms with Crippen LogP contribution in [-0.4, -0.2) is 36.4 Å². The molecule has 1 aliphatic heterocycles. The number of hydrogen-bond acceptors (Lipinski definition) is 3. The molecule has 1 saturated heterocycles. The predicted molar refractivity (Wildman–Crippen MR) is 83.2 cm³/mol. The first-order valence-corrected chi connectivity index (χ1v) is 7.39. The fourth-order valence-electron chi connectivity index (χ4n) is 2.76. The molecule has 3 rings (SSSR count). The van der Waals surface area contributed by atoms with E-state index in [1.165, 1.54) is 16.7 Å². The van der Waals surface area contributed by atoms with E-state index in [1.54, 1.807) is 0 Å². The maximum Gasteiger partial charge on any atom is 0.154 e. The van der Waals surface area contributed by atoms with Crippen molar-refractivity contribution < 1.29 is 0 Å². The molecule has 0 saturated carbocycles. The van der Waals surface area contributed by atoms with Crippen molar-refractivity contribution in [2.24, 2.45) is 0 Å². The number of piperazine rings is 1. The van der Waals surface area contributed by atoms with Crippen LogP contribution in [0.3, 0.4) is 0 Å². The molecule has 0 unspecified atom stereocenters. The number of H-pyrrole nitrogens is 1. The van der Waals surface area contributed by atoms with Gasteiger partial charge in [0.2, 0.25) is 0 Å². The van der Waals surface area contributed by atoms with E-state index in [0.717, 1.165) is 44.1 Å². The summed E-state index contributed by atoms with van der Waals surface area (Å²) in [4.78, 5) is 2.35. The summed E-state index contributed by atoms with van der Waals surface area (Å²) in [5.74, 6) is 1.10. The molecular weight excluding hydrogens is 248 g/mol. The van der Waals surface area contributed by atoms with Gasteiger partial charge in [0, 0.05) is 31.7 Å². The van der Waals surface area contributed by atoms with Gasteiger partial charge in [-0.2, -0.15) is 5.10 Å². The zero-order valence-corrected chi connectivity index (χ0v) is 12.2. The molecule has 0 spiro atoms. The second kappa shape index (κ2) is 5.67. The van der Waals surface area contributed by atoms with Gasteiger partial charge in [0.05, 0.1) is 5.69 Å². The van der Waals surface area contributed by atoms with E-state index in [1.807, 2.05) is 0 Å². The van der Waals surface area contributed by atoms with Gasteiger partial charge in [-0.05, 0) is 24.5 Å². The molecule has 4 heteroatoms. The smallest absolute Gasteiger partial charge is 0.154 e. The van der Waals surface area contributed by atoms with Crippen molar-refractivity contribution >= 4 is 5.82 Å². The number of rotatable bonds is 3. The number of hydrogen-bond donors (Lipinski definition) is 2. The standard InChI is InChI=1S/C16H22N4/c1-3-13-4-6-14(7-5-13)15-12(2)16(19-18-15)20-10-8-17-9-11-20/h4-7,17H,3,8-11H2,1-2H3,(H,18,19). The summed E-state index contributed by atoms with van der Waals surface area (Å²) in [7, 11) is 0.